The van der Waals surface area contributed by atoms with Crippen LogP contribution in [0.5, 0.6) is 0 Å². The summed E-state index contributed by atoms with van der Waals surface area (Å²) in [5.41, 5.74) is 2.68. The van der Waals surface area contributed by atoms with Gasteiger partial charge >= 0.3 is 0 Å². The van der Waals surface area contributed by atoms with E-state index in [4.69, 9.17) is 0 Å². The minimum Gasteiger partial charge on any atom is -0.354 e. The van der Waals surface area contributed by atoms with Crippen molar-refractivity contribution >= 4 is 16.8 Å². The smallest absolute Gasteiger partial charge is 0.278 e. The highest BCUT2D eigenvalue weighted by atomic mass is 16.2. The van der Waals surface area contributed by atoms with Crippen molar-refractivity contribution in [3.05, 3.63) is 70.0 Å². The zero-order valence-electron chi connectivity index (χ0n) is 15.0. The average Bonchev–Trinajstić information content (AvgIpc) is 2.65. The number of nitrogens with zero attached hydrogens (tertiary/aromatic N) is 3. The van der Waals surface area contributed by atoms with Crippen LogP contribution >= 0.6 is 0 Å². The molecular weight excluding hydrogens is 328 g/mol. The van der Waals surface area contributed by atoms with Gasteiger partial charge in [-0.2, -0.15) is 0 Å². The molecule has 3 rings (SSSR count). The Morgan fingerprint density at radius 3 is 2.58 bits per heavy atom. The van der Waals surface area contributed by atoms with Gasteiger partial charge in [-0.1, -0.05) is 55.5 Å². The Morgan fingerprint density at radius 2 is 1.85 bits per heavy atom. The van der Waals surface area contributed by atoms with Crippen LogP contribution in [0.15, 0.2) is 53.3 Å². The minimum atomic E-state index is -0.310. The Labute approximate surface area is 151 Å². The maximum Gasteiger partial charge on any atom is 0.278 e. The number of aromatic nitrogens is 3. The van der Waals surface area contributed by atoms with Crippen LogP contribution in [0, 0.1) is 0 Å². The molecular formula is C20H22N4O2. The van der Waals surface area contributed by atoms with E-state index in [2.05, 4.69) is 53.7 Å². The molecule has 1 amide bonds. The molecule has 0 radical (unpaired) electrons. The standard InChI is InChI=1S/C20H22N4O2/c1-14(2)16-9-7-15(8-10-16)11-12-21-19(25)13-24-20(26)17-5-3-4-6-18(17)22-23-24/h3-10,14H,11-13H2,1-2H3,(H,21,25). The van der Waals surface area contributed by atoms with Gasteiger partial charge in [-0.05, 0) is 35.6 Å². The molecule has 1 heterocycles. The monoisotopic (exact) mass is 350 g/mol. The van der Waals surface area contributed by atoms with E-state index in [9.17, 15) is 9.59 Å². The highest BCUT2D eigenvalue weighted by molar-refractivity contribution is 5.78. The Kier molecular flexibility index (Phi) is 5.41. The maximum atomic E-state index is 12.3. The van der Waals surface area contributed by atoms with Crippen molar-refractivity contribution in [1.82, 2.24) is 20.3 Å². The third-order valence-electron chi connectivity index (χ3n) is 4.30. The van der Waals surface area contributed by atoms with Gasteiger partial charge in [0, 0.05) is 6.54 Å². The van der Waals surface area contributed by atoms with Crippen LogP contribution in [-0.4, -0.2) is 27.4 Å². The molecule has 1 aromatic heterocycles. The van der Waals surface area contributed by atoms with E-state index in [0.717, 1.165) is 16.7 Å². The van der Waals surface area contributed by atoms with Crippen LogP contribution in [0.1, 0.15) is 30.9 Å². The van der Waals surface area contributed by atoms with E-state index in [1.165, 1.54) is 5.56 Å². The lowest BCUT2D eigenvalue weighted by Gasteiger charge is -2.08. The summed E-state index contributed by atoms with van der Waals surface area (Å²) in [6.07, 6.45) is 0.739. The molecule has 0 saturated carbocycles. The van der Waals surface area contributed by atoms with Crippen LogP contribution in [0.3, 0.4) is 0 Å². The van der Waals surface area contributed by atoms with Gasteiger partial charge < -0.3 is 5.32 Å². The fourth-order valence-corrected chi connectivity index (χ4v) is 2.73. The fourth-order valence-electron chi connectivity index (χ4n) is 2.73. The molecule has 3 aromatic rings. The molecule has 0 aliphatic carbocycles. The summed E-state index contributed by atoms with van der Waals surface area (Å²) >= 11 is 0. The van der Waals surface area contributed by atoms with E-state index in [0.29, 0.717) is 23.4 Å². The molecule has 26 heavy (non-hydrogen) atoms. The minimum absolute atomic E-state index is 0.136. The van der Waals surface area contributed by atoms with Crippen molar-refractivity contribution in [1.29, 1.82) is 0 Å². The molecule has 0 saturated heterocycles. The predicted octanol–water partition coefficient (Wildman–Crippen LogP) is 2.27. The first-order valence-corrected chi connectivity index (χ1v) is 8.72. The molecule has 0 aliphatic heterocycles. The van der Waals surface area contributed by atoms with E-state index >= 15 is 0 Å². The summed E-state index contributed by atoms with van der Waals surface area (Å²) in [5, 5.41) is 11.1. The van der Waals surface area contributed by atoms with Crippen LogP contribution in [0.4, 0.5) is 0 Å². The first kappa shape index (κ1) is 17.8. The number of rotatable bonds is 6. The molecule has 0 atom stereocenters. The molecule has 6 nitrogen and oxygen atoms in total. The van der Waals surface area contributed by atoms with E-state index < -0.39 is 0 Å². The Balaban J connectivity index is 1.56. The van der Waals surface area contributed by atoms with Gasteiger partial charge in [0.15, 0.2) is 0 Å². The molecule has 0 aliphatic rings. The predicted molar refractivity (Wildman–Crippen MR) is 101 cm³/mol. The topological polar surface area (TPSA) is 76.9 Å². The van der Waals surface area contributed by atoms with Gasteiger partial charge in [0.1, 0.15) is 12.1 Å². The third-order valence-corrected chi connectivity index (χ3v) is 4.30. The number of hydrogen-bond donors (Lipinski definition) is 1. The molecule has 1 N–H and O–H groups in total. The van der Waals surface area contributed by atoms with Crippen molar-refractivity contribution in [2.75, 3.05) is 6.54 Å². The van der Waals surface area contributed by atoms with Gasteiger partial charge in [0.2, 0.25) is 5.91 Å². The number of carbonyl (C=O) groups excluding carboxylic acids is 1. The molecule has 6 heteroatoms. The van der Waals surface area contributed by atoms with Crippen LogP contribution in [0.2, 0.25) is 0 Å². The van der Waals surface area contributed by atoms with Crippen LogP contribution < -0.4 is 10.9 Å². The normalized spacial score (nSPS) is 11.0. The van der Waals surface area contributed by atoms with E-state index in [1.54, 1.807) is 24.3 Å². The Hall–Kier alpha value is -3.02. The third kappa shape index (κ3) is 4.14. The zero-order valence-corrected chi connectivity index (χ0v) is 15.0. The fraction of sp³-hybridized carbons (Fsp3) is 0.300. The second-order valence-electron chi connectivity index (χ2n) is 6.57. The van der Waals surface area contributed by atoms with Crippen molar-refractivity contribution in [3.8, 4) is 0 Å². The summed E-state index contributed by atoms with van der Waals surface area (Å²) in [7, 11) is 0. The zero-order chi connectivity index (χ0) is 18.5. The molecule has 0 spiro atoms. The number of benzene rings is 2. The lowest BCUT2D eigenvalue weighted by molar-refractivity contribution is -0.121. The Morgan fingerprint density at radius 1 is 1.12 bits per heavy atom. The van der Waals surface area contributed by atoms with E-state index in [1.807, 2.05) is 0 Å². The number of amides is 1. The first-order chi connectivity index (χ1) is 12.5. The largest absolute Gasteiger partial charge is 0.354 e. The van der Waals surface area contributed by atoms with Gasteiger partial charge in [-0.25, -0.2) is 4.68 Å². The molecule has 0 fully saturated rings. The van der Waals surface area contributed by atoms with Gasteiger partial charge in [0.05, 0.1) is 5.39 Å². The van der Waals surface area contributed by atoms with Gasteiger partial charge in [-0.3, -0.25) is 9.59 Å². The van der Waals surface area contributed by atoms with E-state index in [-0.39, 0.29) is 18.0 Å². The van der Waals surface area contributed by atoms with Gasteiger partial charge in [0.25, 0.3) is 5.56 Å². The highest BCUT2D eigenvalue weighted by Gasteiger charge is 2.09. The average molecular weight is 350 g/mol. The molecule has 2 aromatic carbocycles. The molecule has 0 unspecified atom stereocenters. The lowest BCUT2D eigenvalue weighted by atomic mass is 10.0. The maximum absolute atomic E-state index is 12.3. The van der Waals surface area contributed by atoms with Gasteiger partial charge in [-0.15, -0.1) is 5.10 Å². The summed E-state index contributed by atoms with van der Waals surface area (Å²) in [5.74, 6) is 0.251. The molecule has 134 valence electrons. The van der Waals surface area contributed by atoms with Crippen LogP contribution in [-0.2, 0) is 17.8 Å². The molecule has 0 bridgehead atoms. The van der Waals surface area contributed by atoms with Crippen molar-refractivity contribution in [2.45, 2.75) is 32.7 Å². The number of hydrogen-bond acceptors (Lipinski definition) is 4. The lowest BCUT2D eigenvalue weighted by Crippen LogP contribution is -2.35. The van der Waals surface area contributed by atoms with Crippen molar-refractivity contribution in [2.24, 2.45) is 0 Å². The second-order valence-corrected chi connectivity index (χ2v) is 6.57. The second kappa shape index (κ2) is 7.91. The summed E-state index contributed by atoms with van der Waals surface area (Å²) < 4.78 is 1.09. The summed E-state index contributed by atoms with van der Waals surface area (Å²) in [6.45, 7) is 4.69. The number of fused-ring (bicyclic) bond motifs is 1. The first-order valence-electron chi connectivity index (χ1n) is 8.72. The quantitative estimate of drug-likeness (QED) is 0.740. The van der Waals surface area contributed by atoms with Crippen molar-refractivity contribution in [3.63, 3.8) is 0 Å². The summed E-state index contributed by atoms with van der Waals surface area (Å²) in [4.78, 5) is 24.4. The number of nitrogens with one attached hydrogen (secondary N) is 1. The Bertz CT molecular complexity index is 961. The SMILES string of the molecule is CC(C)c1ccc(CCNC(=O)Cn2nnc3ccccc3c2=O)cc1. The summed E-state index contributed by atoms with van der Waals surface area (Å²) in [6, 6.07) is 15.4. The highest BCUT2D eigenvalue weighted by Crippen LogP contribution is 2.14. The number of carbonyl (C=O) groups is 1. The van der Waals surface area contributed by atoms with Crippen LogP contribution in [0.25, 0.3) is 10.9 Å². The van der Waals surface area contributed by atoms with Crippen molar-refractivity contribution < 1.29 is 4.79 Å².